The summed E-state index contributed by atoms with van der Waals surface area (Å²) in [6.07, 6.45) is 0. The van der Waals surface area contributed by atoms with E-state index >= 15 is 0 Å². The summed E-state index contributed by atoms with van der Waals surface area (Å²) in [4.78, 5) is 2.29. The van der Waals surface area contributed by atoms with Gasteiger partial charge in [-0.2, -0.15) is 0 Å². The van der Waals surface area contributed by atoms with Crippen molar-refractivity contribution in [1.82, 2.24) is 0 Å². The Kier molecular flexibility index (Phi) is 6.93. The highest BCUT2D eigenvalue weighted by Crippen LogP contribution is 2.26. The monoisotopic (exact) mass is 319 g/mol. The normalized spacial score (nSPS) is 10.6. The summed E-state index contributed by atoms with van der Waals surface area (Å²) in [5.74, 6) is 0.535. The number of halogens is 2. The summed E-state index contributed by atoms with van der Waals surface area (Å²) in [7, 11) is 0. The zero-order valence-electron chi connectivity index (χ0n) is 10.4. The van der Waals surface area contributed by atoms with Crippen LogP contribution in [0.25, 0.3) is 0 Å². The summed E-state index contributed by atoms with van der Waals surface area (Å²) >= 11 is 9.48. The fourth-order valence-electron chi connectivity index (χ4n) is 1.71. The lowest BCUT2D eigenvalue weighted by atomic mass is 10.2. The average Bonchev–Trinajstić information content (AvgIpc) is 2.35. The summed E-state index contributed by atoms with van der Waals surface area (Å²) in [5, 5.41) is 0. The molecule has 1 aromatic rings. The van der Waals surface area contributed by atoms with Crippen molar-refractivity contribution in [1.29, 1.82) is 0 Å². The molecule has 0 amide bonds. The number of nitrogens with zero attached hydrogens (tertiary/aromatic N) is 1. The van der Waals surface area contributed by atoms with Crippen LogP contribution in [-0.4, -0.2) is 26.3 Å². The van der Waals surface area contributed by atoms with Gasteiger partial charge in [0.2, 0.25) is 0 Å². The Bertz CT molecular complexity index is 346. The van der Waals surface area contributed by atoms with Crippen LogP contribution in [0.1, 0.15) is 19.4 Å². The predicted molar refractivity (Wildman–Crippen MR) is 78.1 cm³/mol. The van der Waals surface area contributed by atoms with Crippen LogP contribution in [0.15, 0.2) is 22.7 Å². The van der Waals surface area contributed by atoms with Gasteiger partial charge in [-0.05, 0) is 31.5 Å². The summed E-state index contributed by atoms with van der Waals surface area (Å²) < 4.78 is 6.48. The highest BCUT2D eigenvalue weighted by Gasteiger charge is 2.09. The van der Waals surface area contributed by atoms with Gasteiger partial charge >= 0.3 is 0 Å². The van der Waals surface area contributed by atoms with Crippen molar-refractivity contribution in [2.24, 2.45) is 0 Å². The minimum absolute atomic E-state index is 0.535. The van der Waals surface area contributed by atoms with Crippen molar-refractivity contribution in [3.63, 3.8) is 0 Å². The Morgan fingerprint density at radius 3 is 2.71 bits per heavy atom. The van der Waals surface area contributed by atoms with Crippen molar-refractivity contribution in [3.05, 3.63) is 28.2 Å². The smallest absolute Gasteiger partial charge is 0.0641 e. The van der Waals surface area contributed by atoms with Gasteiger partial charge in [0.25, 0.3) is 0 Å². The van der Waals surface area contributed by atoms with Gasteiger partial charge in [-0.1, -0.05) is 22.0 Å². The lowest BCUT2D eigenvalue weighted by Crippen LogP contribution is -2.28. The van der Waals surface area contributed by atoms with Crippen molar-refractivity contribution in [2.75, 3.05) is 31.2 Å². The Morgan fingerprint density at radius 1 is 1.35 bits per heavy atom. The van der Waals surface area contributed by atoms with Gasteiger partial charge in [0.1, 0.15) is 0 Å². The molecule has 1 rings (SSSR count). The van der Waals surface area contributed by atoms with Gasteiger partial charge in [0.05, 0.1) is 6.61 Å². The molecule has 0 aliphatic heterocycles. The number of likely N-dealkylation sites (N-methyl/N-ethyl adjacent to an activating group) is 1. The van der Waals surface area contributed by atoms with E-state index in [4.69, 9.17) is 16.3 Å². The van der Waals surface area contributed by atoms with Gasteiger partial charge in [0.15, 0.2) is 0 Å². The van der Waals surface area contributed by atoms with E-state index in [1.165, 1.54) is 5.69 Å². The standard InChI is InChI=1S/C13H19BrClNO/c1-3-16(7-8-17-4-2)13-9-12(14)6-5-11(13)10-15/h5-6,9H,3-4,7-8,10H2,1-2H3. The molecule has 0 atom stereocenters. The first-order valence-electron chi connectivity index (χ1n) is 5.90. The Balaban J connectivity index is 2.82. The SMILES string of the molecule is CCOCCN(CC)c1cc(Br)ccc1CCl. The molecule has 0 unspecified atom stereocenters. The van der Waals surface area contributed by atoms with Gasteiger partial charge in [0, 0.05) is 35.7 Å². The maximum Gasteiger partial charge on any atom is 0.0641 e. The molecule has 0 spiro atoms. The maximum atomic E-state index is 5.97. The molecule has 2 nitrogen and oxygen atoms in total. The highest BCUT2D eigenvalue weighted by molar-refractivity contribution is 9.10. The van der Waals surface area contributed by atoms with Crippen LogP contribution in [0.5, 0.6) is 0 Å². The molecule has 0 saturated carbocycles. The Hall–Kier alpha value is -0.250. The van der Waals surface area contributed by atoms with Crippen molar-refractivity contribution < 1.29 is 4.74 Å². The van der Waals surface area contributed by atoms with Crippen LogP contribution in [0, 0.1) is 0 Å². The van der Waals surface area contributed by atoms with E-state index in [1.54, 1.807) is 0 Å². The number of hydrogen-bond acceptors (Lipinski definition) is 2. The third-order valence-corrected chi connectivity index (χ3v) is 3.40. The second-order valence-corrected chi connectivity index (χ2v) is 4.87. The molecule has 0 fully saturated rings. The van der Waals surface area contributed by atoms with E-state index in [2.05, 4.69) is 39.9 Å². The molecule has 1 aromatic carbocycles. The lowest BCUT2D eigenvalue weighted by Gasteiger charge is -2.25. The quantitative estimate of drug-likeness (QED) is 0.555. The summed E-state index contributed by atoms with van der Waals surface area (Å²) in [6.45, 7) is 7.51. The molecule has 0 aliphatic carbocycles. The first-order chi connectivity index (χ1) is 8.22. The van der Waals surface area contributed by atoms with Crippen LogP contribution in [0.4, 0.5) is 5.69 Å². The molecule has 0 heterocycles. The van der Waals surface area contributed by atoms with Crippen LogP contribution >= 0.6 is 27.5 Å². The first kappa shape index (κ1) is 14.8. The van der Waals surface area contributed by atoms with Crippen LogP contribution in [0.2, 0.25) is 0 Å². The van der Waals surface area contributed by atoms with E-state index in [0.717, 1.165) is 36.3 Å². The zero-order chi connectivity index (χ0) is 12.7. The predicted octanol–water partition coefficient (Wildman–Crippen LogP) is 4.05. The number of ether oxygens (including phenoxy) is 1. The Morgan fingerprint density at radius 2 is 2.12 bits per heavy atom. The molecular formula is C13H19BrClNO. The highest BCUT2D eigenvalue weighted by atomic mass is 79.9. The number of anilines is 1. The zero-order valence-corrected chi connectivity index (χ0v) is 12.7. The molecule has 0 bridgehead atoms. The van der Waals surface area contributed by atoms with Crippen LogP contribution in [0.3, 0.4) is 0 Å². The number of rotatable bonds is 7. The molecule has 0 aliphatic rings. The molecular weight excluding hydrogens is 302 g/mol. The van der Waals surface area contributed by atoms with Gasteiger partial charge in [-0.15, -0.1) is 11.6 Å². The Labute approximate surface area is 117 Å². The van der Waals surface area contributed by atoms with E-state index in [9.17, 15) is 0 Å². The molecule has 0 aromatic heterocycles. The molecule has 0 radical (unpaired) electrons. The lowest BCUT2D eigenvalue weighted by molar-refractivity contribution is 0.154. The molecule has 96 valence electrons. The maximum absolute atomic E-state index is 5.97. The largest absolute Gasteiger partial charge is 0.380 e. The topological polar surface area (TPSA) is 12.5 Å². The second-order valence-electron chi connectivity index (χ2n) is 3.68. The van der Waals surface area contributed by atoms with E-state index in [1.807, 2.05) is 13.0 Å². The third-order valence-electron chi connectivity index (χ3n) is 2.62. The van der Waals surface area contributed by atoms with Gasteiger partial charge in [-0.25, -0.2) is 0 Å². The van der Waals surface area contributed by atoms with Gasteiger partial charge < -0.3 is 9.64 Å². The van der Waals surface area contributed by atoms with Crippen molar-refractivity contribution in [2.45, 2.75) is 19.7 Å². The number of hydrogen-bond donors (Lipinski definition) is 0. The minimum atomic E-state index is 0.535. The molecule has 4 heteroatoms. The van der Waals surface area contributed by atoms with Crippen molar-refractivity contribution >= 4 is 33.2 Å². The number of benzene rings is 1. The summed E-state index contributed by atoms with van der Waals surface area (Å²) in [6, 6.07) is 6.21. The second kappa shape index (κ2) is 7.96. The fourth-order valence-corrected chi connectivity index (χ4v) is 2.29. The molecule has 0 N–H and O–H groups in total. The van der Waals surface area contributed by atoms with E-state index < -0.39 is 0 Å². The third kappa shape index (κ3) is 4.49. The molecule has 17 heavy (non-hydrogen) atoms. The number of alkyl halides is 1. The van der Waals surface area contributed by atoms with E-state index in [-0.39, 0.29) is 0 Å². The van der Waals surface area contributed by atoms with Crippen LogP contribution in [-0.2, 0) is 10.6 Å². The van der Waals surface area contributed by atoms with E-state index in [0.29, 0.717) is 5.88 Å². The first-order valence-corrected chi connectivity index (χ1v) is 7.22. The summed E-state index contributed by atoms with van der Waals surface area (Å²) in [5.41, 5.74) is 2.35. The fraction of sp³-hybridized carbons (Fsp3) is 0.538. The molecule has 0 saturated heterocycles. The minimum Gasteiger partial charge on any atom is -0.380 e. The van der Waals surface area contributed by atoms with Crippen LogP contribution < -0.4 is 4.90 Å². The van der Waals surface area contributed by atoms with Crippen molar-refractivity contribution in [3.8, 4) is 0 Å². The average molecular weight is 321 g/mol. The van der Waals surface area contributed by atoms with Gasteiger partial charge in [-0.3, -0.25) is 0 Å².